The summed E-state index contributed by atoms with van der Waals surface area (Å²) in [5.41, 5.74) is 4.87. The van der Waals surface area contributed by atoms with E-state index in [0.29, 0.717) is 22.7 Å². The van der Waals surface area contributed by atoms with Gasteiger partial charge in [-0.25, -0.2) is 9.36 Å². The summed E-state index contributed by atoms with van der Waals surface area (Å²) >= 11 is 0. The Kier molecular flexibility index (Phi) is 6.14. The largest absolute Gasteiger partial charge is 0.493 e. The molecule has 3 aromatic carbocycles. The molecule has 180 valence electrons. The Hall–Kier alpha value is -4.99. The summed E-state index contributed by atoms with van der Waals surface area (Å²) in [7, 11) is 3.15. The predicted molar refractivity (Wildman–Crippen MR) is 134 cm³/mol. The Morgan fingerprint density at radius 2 is 1.72 bits per heavy atom. The van der Waals surface area contributed by atoms with Crippen LogP contribution in [0.1, 0.15) is 16.1 Å². The van der Waals surface area contributed by atoms with Gasteiger partial charge in [0, 0.05) is 17.4 Å². The van der Waals surface area contributed by atoms with Crippen LogP contribution in [0.15, 0.2) is 79.3 Å². The molecule has 10 nitrogen and oxygen atoms in total. The van der Waals surface area contributed by atoms with Gasteiger partial charge in [0.25, 0.3) is 5.91 Å². The van der Waals surface area contributed by atoms with Gasteiger partial charge < -0.3 is 14.8 Å². The number of anilines is 1. The van der Waals surface area contributed by atoms with E-state index in [2.05, 4.69) is 25.9 Å². The van der Waals surface area contributed by atoms with Gasteiger partial charge in [-0.2, -0.15) is 5.10 Å². The molecule has 0 saturated carbocycles. The highest BCUT2D eigenvalue weighted by molar-refractivity contribution is 6.07. The Bertz CT molecular complexity index is 1510. The number of nitrogens with zero attached hydrogens (tertiary/aromatic N) is 6. The zero-order chi connectivity index (χ0) is 25.1. The third-order valence-electron chi connectivity index (χ3n) is 5.70. The lowest BCUT2D eigenvalue weighted by Gasteiger charge is -2.11. The van der Waals surface area contributed by atoms with Gasteiger partial charge in [-0.05, 0) is 70.9 Å². The standard InChI is InChI=1S/C26H23N7O3/c1-17-13-19(10-11-22(17)33-16-27-30-31-33)28-26(34)25-21(15-32(29-25)20-7-5-4-6-8-20)18-9-12-23(35-2)24(14-18)36-3/h4-16H,1-3H3,(H,28,34). The molecule has 0 unspecified atom stereocenters. The van der Waals surface area contributed by atoms with Crippen LogP contribution in [-0.4, -0.2) is 50.1 Å². The maximum Gasteiger partial charge on any atom is 0.276 e. The lowest BCUT2D eigenvalue weighted by Crippen LogP contribution is -2.14. The van der Waals surface area contributed by atoms with Gasteiger partial charge in [-0.15, -0.1) is 5.10 Å². The Labute approximate surface area is 207 Å². The van der Waals surface area contributed by atoms with E-state index in [1.165, 1.54) is 6.33 Å². The SMILES string of the molecule is COc1ccc(-c2cn(-c3ccccc3)nc2C(=O)Nc2ccc(-n3cnnn3)c(C)c2)cc1OC. The van der Waals surface area contributed by atoms with Crippen LogP contribution in [0.3, 0.4) is 0 Å². The zero-order valence-corrected chi connectivity index (χ0v) is 19.9. The first-order valence-corrected chi connectivity index (χ1v) is 11.1. The monoisotopic (exact) mass is 481 g/mol. The van der Waals surface area contributed by atoms with Gasteiger partial charge >= 0.3 is 0 Å². The number of carbonyl (C=O) groups excluding carboxylic acids is 1. The molecule has 0 aliphatic heterocycles. The number of hydrogen-bond donors (Lipinski definition) is 1. The quantitative estimate of drug-likeness (QED) is 0.373. The van der Waals surface area contributed by atoms with Crippen molar-refractivity contribution in [2.75, 3.05) is 19.5 Å². The first kappa shape index (κ1) is 22.8. The lowest BCUT2D eigenvalue weighted by atomic mass is 10.1. The maximum absolute atomic E-state index is 13.5. The molecule has 2 heterocycles. The summed E-state index contributed by atoms with van der Waals surface area (Å²) in [5.74, 6) is 0.813. The summed E-state index contributed by atoms with van der Waals surface area (Å²) < 4.78 is 14.1. The highest BCUT2D eigenvalue weighted by Crippen LogP contribution is 2.34. The van der Waals surface area contributed by atoms with Crippen LogP contribution >= 0.6 is 0 Å². The number of aromatic nitrogens is 6. The normalized spacial score (nSPS) is 10.8. The van der Waals surface area contributed by atoms with Crippen LogP contribution in [0.25, 0.3) is 22.5 Å². The van der Waals surface area contributed by atoms with E-state index in [0.717, 1.165) is 22.5 Å². The number of aryl methyl sites for hydroxylation is 1. The molecule has 0 bridgehead atoms. The van der Waals surface area contributed by atoms with Gasteiger partial charge in [0.1, 0.15) is 6.33 Å². The lowest BCUT2D eigenvalue weighted by molar-refractivity contribution is 0.102. The minimum Gasteiger partial charge on any atom is -0.493 e. The maximum atomic E-state index is 13.5. The van der Waals surface area contributed by atoms with Crippen LogP contribution in [0.4, 0.5) is 5.69 Å². The number of para-hydroxylation sites is 1. The molecule has 0 fully saturated rings. The molecule has 1 amide bonds. The number of hydrogen-bond acceptors (Lipinski definition) is 7. The second-order valence-corrected chi connectivity index (χ2v) is 7.95. The predicted octanol–water partition coefficient (Wildman–Crippen LogP) is 4.09. The molecule has 5 rings (SSSR count). The molecule has 5 aromatic rings. The highest BCUT2D eigenvalue weighted by atomic mass is 16.5. The van der Waals surface area contributed by atoms with E-state index < -0.39 is 0 Å². The van der Waals surface area contributed by atoms with Crippen molar-refractivity contribution in [3.63, 3.8) is 0 Å². The fraction of sp³-hybridized carbons (Fsp3) is 0.115. The number of benzene rings is 3. The fourth-order valence-corrected chi connectivity index (χ4v) is 3.92. The van der Waals surface area contributed by atoms with Crippen molar-refractivity contribution in [3.8, 4) is 34.0 Å². The molecular formula is C26H23N7O3. The van der Waals surface area contributed by atoms with E-state index in [4.69, 9.17) is 9.47 Å². The first-order chi connectivity index (χ1) is 17.6. The molecule has 0 aliphatic rings. The second kappa shape index (κ2) is 9.71. The summed E-state index contributed by atoms with van der Waals surface area (Å²) in [6.07, 6.45) is 3.35. The molecule has 0 atom stereocenters. The Balaban J connectivity index is 1.52. The van der Waals surface area contributed by atoms with E-state index in [1.807, 2.05) is 67.7 Å². The third-order valence-corrected chi connectivity index (χ3v) is 5.70. The van der Waals surface area contributed by atoms with E-state index in [-0.39, 0.29) is 11.6 Å². The van der Waals surface area contributed by atoms with Crippen molar-refractivity contribution in [2.45, 2.75) is 6.92 Å². The van der Waals surface area contributed by atoms with E-state index >= 15 is 0 Å². The van der Waals surface area contributed by atoms with Crippen molar-refractivity contribution in [1.29, 1.82) is 0 Å². The van der Waals surface area contributed by atoms with Gasteiger partial charge in [0.15, 0.2) is 17.2 Å². The second-order valence-electron chi connectivity index (χ2n) is 7.95. The van der Waals surface area contributed by atoms with E-state index in [1.54, 1.807) is 35.7 Å². The van der Waals surface area contributed by atoms with Crippen molar-refractivity contribution >= 4 is 11.6 Å². The molecule has 1 N–H and O–H groups in total. The summed E-state index contributed by atoms with van der Waals surface area (Å²) in [6.45, 7) is 1.92. The molecule has 36 heavy (non-hydrogen) atoms. The summed E-state index contributed by atoms with van der Waals surface area (Å²) in [5, 5.41) is 18.9. The van der Waals surface area contributed by atoms with Gasteiger partial charge in [-0.1, -0.05) is 24.3 Å². The summed E-state index contributed by atoms with van der Waals surface area (Å²) in [6, 6.07) is 20.6. The Morgan fingerprint density at radius 1 is 0.917 bits per heavy atom. The zero-order valence-electron chi connectivity index (χ0n) is 19.9. The Morgan fingerprint density at radius 3 is 2.42 bits per heavy atom. The molecule has 0 radical (unpaired) electrons. The van der Waals surface area contributed by atoms with Crippen LogP contribution in [0.2, 0.25) is 0 Å². The van der Waals surface area contributed by atoms with Crippen molar-refractivity contribution < 1.29 is 14.3 Å². The number of amides is 1. The van der Waals surface area contributed by atoms with Crippen LogP contribution in [0.5, 0.6) is 11.5 Å². The van der Waals surface area contributed by atoms with Gasteiger partial charge in [0.05, 0.1) is 25.6 Å². The van der Waals surface area contributed by atoms with Gasteiger partial charge in [-0.3, -0.25) is 4.79 Å². The minimum absolute atomic E-state index is 0.272. The van der Waals surface area contributed by atoms with Crippen LogP contribution in [0, 0.1) is 6.92 Å². The fourth-order valence-electron chi connectivity index (χ4n) is 3.92. The third kappa shape index (κ3) is 4.39. The van der Waals surface area contributed by atoms with E-state index in [9.17, 15) is 4.79 Å². The molecule has 0 saturated heterocycles. The molecule has 2 aromatic heterocycles. The number of methoxy groups -OCH3 is 2. The number of ether oxygens (including phenoxy) is 2. The number of tetrazole rings is 1. The van der Waals surface area contributed by atoms with Crippen molar-refractivity contribution in [3.05, 3.63) is 90.5 Å². The molecular weight excluding hydrogens is 458 g/mol. The first-order valence-electron chi connectivity index (χ1n) is 11.1. The number of carbonyl (C=O) groups is 1. The number of rotatable bonds is 7. The molecule has 0 spiro atoms. The highest BCUT2D eigenvalue weighted by Gasteiger charge is 2.21. The smallest absolute Gasteiger partial charge is 0.276 e. The van der Waals surface area contributed by atoms with Crippen molar-refractivity contribution in [2.24, 2.45) is 0 Å². The molecule has 0 aliphatic carbocycles. The summed E-state index contributed by atoms with van der Waals surface area (Å²) in [4.78, 5) is 13.5. The average molecular weight is 482 g/mol. The number of nitrogens with one attached hydrogen (secondary N) is 1. The van der Waals surface area contributed by atoms with Crippen LogP contribution in [-0.2, 0) is 0 Å². The van der Waals surface area contributed by atoms with Crippen LogP contribution < -0.4 is 14.8 Å². The average Bonchev–Trinajstić information content (AvgIpc) is 3.60. The minimum atomic E-state index is -0.343. The van der Waals surface area contributed by atoms with Gasteiger partial charge in [0.2, 0.25) is 0 Å². The van der Waals surface area contributed by atoms with Crippen molar-refractivity contribution in [1.82, 2.24) is 30.0 Å². The topological polar surface area (TPSA) is 109 Å². The molecule has 10 heteroatoms.